The molecule has 1 aliphatic carbocycles. The molecule has 3 rings (SSSR count). The summed E-state index contributed by atoms with van der Waals surface area (Å²) in [6, 6.07) is 0.674. The second-order valence-corrected chi connectivity index (χ2v) is 8.51. The number of rotatable bonds is 3. The van der Waals surface area contributed by atoms with E-state index in [9.17, 15) is 0 Å². The van der Waals surface area contributed by atoms with Gasteiger partial charge in [-0.05, 0) is 31.9 Å². The van der Waals surface area contributed by atoms with Crippen molar-refractivity contribution < 1.29 is 4.74 Å². The van der Waals surface area contributed by atoms with Crippen LogP contribution in [0.5, 0.6) is 0 Å². The molecule has 3 aliphatic rings. The first-order chi connectivity index (χ1) is 8.03. The maximum absolute atomic E-state index is 5.85. The first kappa shape index (κ1) is 12.3. The first-order valence-corrected chi connectivity index (χ1v) is 8.00. The van der Waals surface area contributed by atoms with Gasteiger partial charge < -0.3 is 10.1 Å². The van der Waals surface area contributed by atoms with Gasteiger partial charge in [0.1, 0.15) is 0 Å². The summed E-state index contributed by atoms with van der Waals surface area (Å²) in [6.07, 6.45) is 4.55. The summed E-state index contributed by atoms with van der Waals surface area (Å²) in [7, 11) is 0. The SMILES string of the molecule is CC1(CNC2C3CCOC3C2(C)C)CCCS1. The summed E-state index contributed by atoms with van der Waals surface area (Å²) in [5.74, 6) is 2.13. The van der Waals surface area contributed by atoms with Gasteiger partial charge in [-0.3, -0.25) is 0 Å². The van der Waals surface area contributed by atoms with Crippen molar-refractivity contribution in [2.45, 2.75) is 56.9 Å². The normalized spacial score (nSPS) is 47.8. The Bertz CT molecular complexity index is 299. The monoisotopic (exact) mass is 255 g/mol. The first-order valence-electron chi connectivity index (χ1n) is 7.02. The Balaban J connectivity index is 1.58. The largest absolute Gasteiger partial charge is 0.377 e. The minimum atomic E-state index is 0.334. The maximum Gasteiger partial charge on any atom is 0.0685 e. The quantitative estimate of drug-likeness (QED) is 0.838. The Morgan fingerprint density at radius 2 is 2.18 bits per heavy atom. The second-order valence-electron chi connectivity index (χ2n) is 6.83. The average molecular weight is 255 g/mol. The Kier molecular flexibility index (Phi) is 3.00. The molecule has 2 aliphatic heterocycles. The highest BCUT2D eigenvalue weighted by Crippen LogP contribution is 2.52. The number of thioether (sulfide) groups is 1. The van der Waals surface area contributed by atoms with Crippen molar-refractivity contribution >= 4 is 11.8 Å². The number of hydrogen-bond acceptors (Lipinski definition) is 3. The van der Waals surface area contributed by atoms with Crippen molar-refractivity contribution in [1.29, 1.82) is 0 Å². The lowest BCUT2D eigenvalue weighted by Crippen LogP contribution is -2.66. The van der Waals surface area contributed by atoms with Crippen LogP contribution in [0.15, 0.2) is 0 Å². The molecule has 3 fully saturated rings. The summed E-state index contributed by atoms with van der Waals surface area (Å²) < 4.78 is 6.34. The van der Waals surface area contributed by atoms with Crippen LogP contribution in [0, 0.1) is 11.3 Å². The van der Waals surface area contributed by atoms with Crippen LogP contribution in [-0.4, -0.2) is 35.8 Å². The lowest BCUT2D eigenvalue weighted by Gasteiger charge is -2.55. The van der Waals surface area contributed by atoms with Crippen LogP contribution in [0.2, 0.25) is 0 Å². The van der Waals surface area contributed by atoms with Crippen molar-refractivity contribution in [3.63, 3.8) is 0 Å². The summed E-state index contributed by atoms with van der Waals surface area (Å²) in [6.45, 7) is 9.30. The number of fused-ring (bicyclic) bond motifs is 1. The molecule has 1 N–H and O–H groups in total. The van der Waals surface area contributed by atoms with E-state index in [4.69, 9.17) is 4.74 Å². The van der Waals surface area contributed by atoms with Crippen molar-refractivity contribution in [2.24, 2.45) is 11.3 Å². The lowest BCUT2D eigenvalue weighted by molar-refractivity contribution is -0.112. The van der Waals surface area contributed by atoms with Gasteiger partial charge in [-0.1, -0.05) is 13.8 Å². The molecule has 4 atom stereocenters. The Labute approximate surface area is 109 Å². The van der Waals surface area contributed by atoms with E-state index in [0.29, 0.717) is 22.3 Å². The molecule has 98 valence electrons. The second kappa shape index (κ2) is 4.14. The van der Waals surface area contributed by atoms with Crippen molar-refractivity contribution in [3.05, 3.63) is 0 Å². The van der Waals surface area contributed by atoms with Gasteiger partial charge in [0.15, 0.2) is 0 Å². The maximum atomic E-state index is 5.85. The van der Waals surface area contributed by atoms with Crippen molar-refractivity contribution in [3.8, 4) is 0 Å². The van der Waals surface area contributed by atoms with Gasteiger partial charge in [0, 0.05) is 35.3 Å². The van der Waals surface area contributed by atoms with E-state index in [0.717, 1.165) is 12.5 Å². The van der Waals surface area contributed by atoms with E-state index in [1.807, 2.05) is 0 Å². The fraction of sp³-hybridized carbons (Fsp3) is 1.00. The average Bonchev–Trinajstić information content (AvgIpc) is 2.86. The van der Waals surface area contributed by atoms with E-state index >= 15 is 0 Å². The number of ether oxygens (including phenoxy) is 1. The van der Waals surface area contributed by atoms with E-state index < -0.39 is 0 Å². The van der Waals surface area contributed by atoms with Gasteiger partial charge in [0.25, 0.3) is 0 Å². The highest BCUT2D eigenvalue weighted by Gasteiger charge is 2.59. The van der Waals surface area contributed by atoms with Crippen LogP contribution >= 0.6 is 11.8 Å². The Hall–Kier alpha value is 0.270. The fourth-order valence-corrected chi connectivity index (χ4v) is 5.30. The van der Waals surface area contributed by atoms with Crippen LogP contribution in [0.4, 0.5) is 0 Å². The smallest absolute Gasteiger partial charge is 0.0685 e. The summed E-state index contributed by atoms with van der Waals surface area (Å²) in [4.78, 5) is 0. The zero-order valence-electron chi connectivity index (χ0n) is 11.3. The predicted molar refractivity (Wildman–Crippen MR) is 73.5 cm³/mol. The molecule has 4 unspecified atom stereocenters. The molecular formula is C14H25NOS. The molecule has 2 nitrogen and oxygen atoms in total. The van der Waals surface area contributed by atoms with Crippen molar-refractivity contribution in [2.75, 3.05) is 18.9 Å². The molecule has 0 aromatic rings. The minimum Gasteiger partial charge on any atom is -0.377 e. The van der Waals surface area contributed by atoms with Gasteiger partial charge in [-0.15, -0.1) is 0 Å². The van der Waals surface area contributed by atoms with E-state index in [1.165, 1.54) is 31.6 Å². The zero-order valence-corrected chi connectivity index (χ0v) is 12.1. The lowest BCUT2D eigenvalue weighted by atomic mass is 9.57. The van der Waals surface area contributed by atoms with E-state index in [-0.39, 0.29) is 0 Å². The third kappa shape index (κ3) is 1.95. The molecule has 17 heavy (non-hydrogen) atoms. The zero-order chi connectivity index (χ0) is 12.1. The van der Waals surface area contributed by atoms with Gasteiger partial charge in [-0.25, -0.2) is 0 Å². The van der Waals surface area contributed by atoms with Crippen molar-refractivity contribution in [1.82, 2.24) is 5.32 Å². The summed E-state index contributed by atoms with van der Waals surface area (Å²) >= 11 is 2.15. The van der Waals surface area contributed by atoms with Crippen LogP contribution in [-0.2, 0) is 4.74 Å². The van der Waals surface area contributed by atoms with Crippen LogP contribution in [0.3, 0.4) is 0 Å². The predicted octanol–water partition coefficient (Wildman–Crippen LogP) is 2.68. The van der Waals surface area contributed by atoms with Crippen LogP contribution < -0.4 is 5.32 Å². The molecule has 0 bridgehead atoms. The molecule has 0 aromatic heterocycles. The molecule has 1 saturated carbocycles. The molecule has 3 heteroatoms. The molecule has 2 saturated heterocycles. The number of hydrogen-bond donors (Lipinski definition) is 1. The fourth-order valence-electron chi connectivity index (χ4n) is 4.04. The summed E-state index contributed by atoms with van der Waals surface area (Å²) in [5, 5.41) is 3.86. The topological polar surface area (TPSA) is 21.3 Å². The Morgan fingerprint density at radius 1 is 1.35 bits per heavy atom. The third-order valence-electron chi connectivity index (χ3n) is 5.10. The molecule has 0 aromatic carbocycles. The summed E-state index contributed by atoms with van der Waals surface area (Å²) in [5.41, 5.74) is 0.334. The van der Waals surface area contributed by atoms with Gasteiger partial charge >= 0.3 is 0 Å². The van der Waals surface area contributed by atoms with E-state index in [2.05, 4.69) is 37.8 Å². The van der Waals surface area contributed by atoms with Crippen LogP contribution in [0.25, 0.3) is 0 Å². The molecular weight excluding hydrogens is 230 g/mol. The standard InChI is InChI=1S/C14H25NOS/c1-13(2)11(10-5-7-16-12(10)13)15-9-14(3)6-4-8-17-14/h10-12,15H,4-9H2,1-3H3. The molecule has 2 heterocycles. The van der Waals surface area contributed by atoms with Crippen LogP contribution in [0.1, 0.15) is 40.0 Å². The molecule has 0 spiro atoms. The van der Waals surface area contributed by atoms with E-state index in [1.54, 1.807) is 0 Å². The third-order valence-corrected chi connectivity index (χ3v) is 6.64. The molecule has 0 amide bonds. The minimum absolute atomic E-state index is 0.334. The molecule has 0 radical (unpaired) electrons. The Morgan fingerprint density at radius 3 is 2.88 bits per heavy atom. The van der Waals surface area contributed by atoms with Gasteiger partial charge in [0.2, 0.25) is 0 Å². The number of nitrogens with one attached hydrogen (secondary N) is 1. The highest BCUT2D eigenvalue weighted by atomic mass is 32.2. The van der Waals surface area contributed by atoms with Gasteiger partial charge in [0.05, 0.1) is 6.10 Å². The van der Waals surface area contributed by atoms with Gasteiger partial charge in [-0.2, -0.15) is 11.8 Å². The highest BCUT2D eigenvalue weighted by molar-refractivity contribution is 8.00.